The van der Waals surface area contributed by atoms with Crippen molar-refractivity contribution in [1.29, 1.82) is 0 Å². The quantitative estimate of drug-likeness (QED) is 0.877. The van der Waals surface area contributed by atoms with Crippen molar-refractivity contribution in [2.75, 3.05) is 39.3 Å². The number of piperidine rings is 1. The van der Waals surface area contributed by atoms with Crippen LogP contribution in [0.5, 0.6) is 0 Å². The third-order valence-corrected chi connectivity index (χ3v) is 6.03. The molecule has 6 nitrogen and oxygen atoms in total. The highest BCUT2D eigenvalue weighted by molar-refractivity contribution is 5.94. The van der Waals surface area contributed by atoms with E-state index in [1.165, 1.54) is 45.2 Å². The van der Waals surface area contributed by atoms with Crippen molar-refractivity contribution in [2.45, 2.75) is 51.5 Å². The second-order valence-electron chi connectivity index (χ2n) is 7.93. The molecule has 0 aromatic carbocycles. The molecule has 0 bridgehead atoms. The predicted molar refractivity (Wildman–Crippen MR) is 97.5 cm³/mol. The highest BCUT2D eigenvalue weighted by Gasteiger charge is 2.30. The first-order chi connectivity index (χ1) is 12.3. The molecule has 1 atom stereocenters. The summed E-state index contributed by atoms with van der Waals surface area (Å²) in [4.78, 5) is 17.7. The number of carbonyl (C=O) groups excluding carboxylic acids is 1. The maximum Gasteiger partial charge on any atom is 0.274 e. The molecule has 0 saturated carbocycles. The molecule has 3 aliphatic heterocycles. The van der Waals surface area contributed by atoms with Gasteiger partial charge < -0.3 is 15.1 Å². The summed E-state index contributed by atoms with van der Waals surface area (Å²) < 4.78 is 0. The number of carbonyl (C=O) groups is 1. The van der Waals surface area contributed by atoms with E-state index in [2.05, 4.69) is 25.3 Å². The average Bonchev–Trinajstić information content (AvgIpc) is 2.91. The lowest BCUT2D eigenvalue weighted by atomic mass is 9.96. The number of aromatic nitrogens is 2. The number of hydrogen-bond donors (Lipinski definition) is 2. The van der Waals surface area contributed by atoms with Crippen molar-refractivity contribution in [3.8, 4) is 0 Å². The van der Waals surface area contributed by atoms with Crippen LogP contribution in [0.25, 0.3) is 0 Å². The summed E-state index contributed by atoms with van der Waals surface area (Å²) in [5.74, 6) is 0.741. The summed E-state index contributed by atoms with van der Waals surface area (Å²) in [6.07, 6.45) is 8.74. The molecule has 138 valence electrons. The molecule has 2 fully saturated rings. The summed E-state index contributed by atoms with van der Waals surface area (Å²) in [6, 6.07) is 0. The minimum Gasteiger partial charge on any atom is -0.337 e. The van der Waals surface area contributed by atoms with E-state index in [1.807, 2.05) is 0 Å². The summed E-state index contributed by atoms with van der Waals surface area (Å²) in [7, 11) is 0. The number of amides is 1. The van der Waals surface area contributed by atoms with Gasteiger partial charge in [0.25, 0.3) is 5.91 Å². The van der Waals surface area contributed by atoms with Gasteiger partial charge in [-0.3, -0.25) is 9.89 Å². The fraction of sp³-hybridized carbons (Fsp3) is 0.789. The van der Waals surface area contributed by atoms with E-state index >= 15 is 0 Å². The molecule has 1 aromatic heterocycles. The topological polar surface area (TPSA) is 64.3 Å². The van der Waals surface area contributed by atoms with Gasteiger partial charge in [0.05, 0.1) is 0 Å². The van der Waals surface area contributed by atoms with Gasteiger partial charge in [0.15, 0.2) is 5.69 Å². The molecular formula is C19H31N5O. The van der Waals surface area contributed by atoms with Crippen LogP contribution in [0.3, 0.4) is 0 Å². The Morgan fingerprint density at radius 2 is 1.96 bits per heavy atom. The van der Waals surface area contributed by atoms with Gasteiger partial charge in [-0.25, -0.2) is 0 Å². The first-order valence-corrected chi connectivity index (χ1v) is 10.1. The Balaban J connectivity index is 1.39. The fourth-order valence-corrected chi connectivity index (χ4v) is 4.63. The number of nitrogens with one attached hydrogen (secondary N) is 2. The van der Waals surface area contributed by atoms with Crippen LogP contribution in [-0.4, -0.2) is 65.2 Å². The van der Waals surface area contributed by atoms with Crippen LogP contribution >= 0.6 is 0 Å². The number of nitrogens with zero attached hydrogens (tertiary/aromatic N) is 3. The average molecular weight is 345 g/mol. The van der Waals surface area contributed by atoms with Crippen LogP contribution in [0.4, 0.5) is 0 Å². The van der Waals surface area contributed by atoms with Gasteiger partial charge in [0, 0.05) is 50.4 Å². The molecule has 0 radical (unpaired) electrons. The summed E-state index contributed by atoms with van der Waals surface area (Å²) in [5, 5.41) is 10.8. The maximum absolute atomic E-state index is 13.0. The first kappa shape index (κ1) is 17.0. The van der Waals surface area contributed by atoms with Crippen LogP contribution in [0.2, 0.25) is 0 Å². The molecule has 0 aliphatic carbocycles. The number of fused-ring (bicyclic) bond motifs is 1. The fourth-order valence-electron chi connectivity index (χ4n) is 4.63. The molecule has 1 aromatic rings. The van der Waals surface area contributed by atoms with Gasteiger partial charge in [-0.1, -0.05) is 12.8 Å². The summed E-state index contributed by atoms with van der Waals surface area (Å²) in [6.45, 7) is 7.13. The van der Waals surface area contributed by atoms with E-state index in [9.17, 15) is 4.79 Å². The second-order valence-corrected chi connectivity index (χ2v) is 7.93. The van der Waals surface area contributed by atoms with Gasteiger partial charge in [-0.15, -0.1) is 0 Å². The lowest BCUT2D eigenvalue weighted by Crippen LogP contribution is -2.44. The second kappa shape index (κ2) is 7.87. The Hall–Kier alpha value is -1.40. The molecule has 4 rings (SSSR count). The molecule has 0 spiro atoms. The van der Waals surface area contributed by atoms with Crippen LogP contribution in [-0.2, 0) is 13.0 Å². The third kappa shape index (κ3) is 3.90. The highest BCUT2D eigenvalue weighted by atomic mass is 16.2. The molecule has 1 unspecified atom stereocenters. The Morgan fingerprint density at radius 3 is 2.80 bits per heavy atom. The van der Waals surface area contributed by atoms with E-state index in [-0.39, 0.29) is 5.91 Å². The molecule has 6 heteroatoms. The van der Waals surface area contributed by atoms with Gasteiger partial charge in [0.2, 0.25) is 0 Å². The SMILES string of the molecule is O=C(c1n[nH]c2c1CNCC2)N1CCCC(CN2CCCCCC2)C1. The van der Waals surface area contributed by atoms with Gasteiger partial charge in [-0.05, 0) is 44.7 Å². The molecule has 25 heavy (non-hydrogen) atoms. The van der Waals surface area contributed by atoms with Crippen molar-refractivity contribution < 1.29 is 4.79 Å². The lowest BCUT2D eigenvalue weighted by Gasteiger charge is -2.35. The monoisotopic (exact) mass is 345 g/mol. The van der Waals surface area contributed by atoms with Crippen molar-refractivity contribution in [3.63, 3.8) is 0 Å². The van der Waals surface area contributed by atoms with Crippen molar-refractivity contribution in [2.24, 2.45) is 5.92 Å². The van der Waals surface area contributed by atoms with Crippen LogP contribution in [0.1, 0.15) is 60.3 Å². The summed E-state index contributed by atoms with van der Waals surface area (Å²) >= 11 is 0. The zero-order chi connectivity index (χ0) is 17.1. The molecule has 4 heterocycles. The molecule has 1 amide bonds. The van der Waals surface area contributed by atoms with E-state index in [4.69, 9.17) is 0 Å². The number of H-pyrrole nitrogens is 1. The number of aromatic amines is 1. The first-order valence-electron chi connectivity index (χ1n) is 10.1. The minimum atomic E-state index is 0.127. The molecule has 2 saturated heterocycles. The number of likely N-dealkylation sites (tertiary alicyclic amines) is 2. The zero-order valence-corrected chi connectivity index (χ0v) is 15.2. The number of rotatable bonds is 3. The predicted octanol–water partition coefficient (Wildman–Crippen LogP) is 1.78. The molecule has 3 aliphatic rings. The Morgan fingerprint density at radius 1 is 1.12 bits per heavy atom. The summed E-state index contributed by atoms with van der Waals surface area (Å²) in [5.41, 5.74) is 2.88. The van der Waals surface area contributed by atoms with Crippen molar-refractivity contribution >= 4 is 5.91 Å². The van der Waals surface area contributed by atoms with Crippen LogP contribution in [0, 0.1) is 5.92 Å². The Kier molecular flexibility index (Phi) is 5.36. The standard InChI is InChI=1S/C19H31N5O/c25-19(18-16-12-20-8-7-17(16)21-22-18)24-11-5-6-15(14-24)13-23-9-3-1-2-4-10-23/h15,20H,1-14H2,(H,21,22). The zero-order valence-electron chi connectivity index (χ0n) is 15.2. The van der Waals surface area contributed by atoms with E-state index < -0.39 is 0 Å². The Bertz CT molecular complexity index is 591. The molecular weight excluding hydrogens is 314 g/mol. The Labute approximate surface area is 150 Å². The largest absolute Gasteiger partial charge is 0.337 e. The van der Waals surface area contributed by atoms with Crippen molar-refractivity contribution in [3.05, 3.63) is 17.0 Å². The van der Waals surface area contributed by atoms with E-state index in [0.717, 1.165) is 56.8 Å². The maximum atomic E-state index is 13.0. The smallest absolute Gasteiger partial charge is 0.274 e. The van der Waals surface area contributed by atoms with Gasteiger partial charge in [0.1, 0.15) is 0 Å². The van der Waals surface area contributed by atoms with Crippen molar-refractivity contribution in [1.82, 2.24) is 25.3 Å². The van der Waals surface area contributed by atoms with Crippen LogP contribution < -0.4 is 5.32 Å². The van der Waals surface area contributed by atoms with E-state index in [0.29, 0.717) is 11.6 Å². The number of hydrogen-bond acceptors (Lipinski definition) is 4. The molecule has 2 N–H and O–H groups in total. The van der Waals surface area contributed by atoms with Gasteiger partial charge >= 0.3 is 0 Å². The van der Waals surface area contributed by atoms with Gasteiger partial charge in [-0.2, -0.15) is 5.10 Å². The minimum absolute atomic E-state index is 0.127. The lowest BCUT2D eigenvalue weighted by molar-refractivity contribution is 0.0634. The third-order valence-electron chi connectivity index (χ3n) is 6.03. The van der Waals surface area contributed by atoms with Crippen LogP contribution in [0.15, 0.2) is 0 Å². The van der Waals surface area contributed by atoms with E-state index in [1.54, 1.807) is 0 Å². The normalized spacial score (nSPS) is 25.4. The highest BCUT2D eigenvalue weighted by Crippen LogP contribution is 2.23.